The Bertz CT molecular complexity index is 3180. The lowest BCUT2D eigenvalue weighted by atomic mass is 9.61. The summed E-state index contributed by atoms with van der Waals surface area (Å²) >= 11 is 0. The number of methoxy groups -OCH3 is 1. The molecule has 0 radical (unpaired) electrons. The van der Waals surface area contributed by atoms with E-state index in [2.05, 4.69) is 0 Å². The number of halogens is 2. The van der Waals surface area contributed by atoms with Gasteiger partial charge in [-0.1, -0.05) is 13.8 Å². The molecule has 0 N–H and O–H groups in total. The molecule has 27 nitrogen and oxygen atoms in total. The average molecular weight is 1200 g/mol. The molecule has 1 heterocycles. The molecule has 2 aliphatic rings. The summed E-state index contributed by atoms with van der Waals surface area (Å²) in [5, 5.41) is 0. The van der Waals surface area contributed by atoms with E-state index in [1.807, 2.05) is 0 Å². The van der Waals surface area contributed by atoms with Crippen LogP contribution in [-0.4, -0.2) is 139 Å². The molecule has 0 aromatic heterocycles. The number of carbonyl (C=O) groups excluding carboxylic acids is 11. The van der Waals surface area contributed by atoms with Crippen molar-refractivity contribution < 1.29 is 128 Å². The third kappa shape index (κ3) is 15.9. The van der Waals surface area contributed by atoms with Gasteiger partial charge in [0.15, 0.2) is 28.7 Å². The van der Waals surface area contributed by atoms with Gasteiger partial charge in [0.05, 0.1) is 24.0 Å². The van der Waals surface area contributed by atoms with Gasteiger partial charge >= 0.3 is 65.7 Å². The average Bonchev–Trinajstić information content (AvgIpc) is 1.69. The number of fused-ring (bicyclic) bond motifs is 6. The van der Waals surface area contributed by atoms with Crippen LogP contribution in [0.2, 0.25) is 0 Å². The maximum atomic E-state index is 16.4. The van der Waals surface area contributed by atoms with Crippen molar-refractivity contribution >= 4 is 77.0 Å². The van der Waals surface area contributed by atoms with Gasteiger partial charge in [-0.05, 0) is 59.7 Å². The highest BCUT2D eigenvalue weighted by Gasteiger charge is 2.57. The maximum absolute atomic E-state index is 16.4. The number of rotatable bonds is 26. The summed E-state index contributed by atoms with van der Waals surface area (Å²) in [6, 6.07) is 10.7. The van der Waals surface area contributed by atoms with Crippen molar-refractivity contribution in [2.75, 3.05) is 83.5 Å². The predicted octanol–water partition coefficient (Wildman–Crippen LogP) is 4.25. The van der Waals surface area contributed by atoms with Crippen molar-refractivity contribution in [2.45, 2.75) is 66.4 Å². The second-order valence-electron chi connectivity index (χ2n) is 18.7. The first-order valence-corrected chi connectivity index (χ1v) is 25.2. The van der Waals surface area contributed by atoms with Gasteiger partial charge in [-0.3, -0.25) is 47.9 Å². The minimum absolute atomic E-state index is 0.0157. The Balaban J connectivity index is 1.53. The predicted molar refractivity (Wildman–Crippen MR) is 279 cm³/mol. The first kappa shape index (κ1) is 64.1. The number of nitrogens with zero attached hydrogens (tertiary/aromatic N) is 2. The van der Waals surface area contributed by atoms with Crippen molar-refractivity contribution in [3.8, 4) is 28.7 Å². The number of hydrogen-bond donors (Lipinski definition) is 0. The van der Waals surface area contributed by atoms with Crippen LogP contribution in [0.1, 0.15) is 93.6 Å². The number of benzene rings is 4. The Labute approximate surface area is 481 Å². The SMILES string of the molecule is COc1ccc(N(CC(=O)OCOC(C)=O)CC(=O)OCOC(C)=O)c(OCCOc2cc3c(cc2N(CC(=O)OCOC(C)=O)CC(=O)OCOC(C)=O)C(=O)OC32c3cc(F)c(OC(C)=O)cc3C(C)(C)c3cc(OC(C)=O)c(F)cc32)c1. The van der Waals surface area contributed by atoms with Crippen LogP contribution in [0.4, 0.5) is 20.2 Å². The molecule has 454 valence electrons. The lowest BCUT2D eigenvalue weighted by molar-refractivity contribution is -0.167. The first-order valence-electron chi connectivity index (χ1n) is 25.2. The lowest BCUT2D eigenvalue weighted by Crippen LogP contribution is -2.42. The molecule has 0 fully saturated rings. The molecule has 0 bridgehead atoms. The van der Waals surface area contributed by atoms with Gasteiger partial charge < -0.3 is 76.1 Å². The van der Waals surface area contributed by atoms with E-state index in [0.717, 1.165) is 69.5 Å². The Morgan fingerprint density at radius 2 is 0.835 bits per heavy atom. The number of anilines is 2. The van der Waals surface area contributed by atoms with Crippen molar-refractivity contribution in [2.24, 2.45) is 0 Å². The molecule has 1 aliphatic carbocycles. The molecule has 1 aliphatic heterocycles. The molecule has 0 saturated heterocycles. The monoisotopic (exact) mass is 1190 g/mol. The second-order valence-corrected chi connectivity index (χ2v) is 18.7. The molecule has 85 heavy (non-hydrogen) atoms. The molecule has 0 atom stereocenters. The molecular weight excluding hydrogens is 1140 g/mol. The molecule has 0 amide bonds. The largest absolute Gasteiger partial charge is 0.497 e. The fourth-order valence-corrected chi connectivity index (χ4v) is 8.79. The second kappa shape index (κ2) is 27.8. The van der Waals surface area contributed by atoms with Crippen LogP contribution >= 0.6 is 0 Å². The van der Waals surface area contributed by atoms with E-state index < -0.39 is 166 Å². The number of hydrogen-bond acceptors (Lipinski definition) is 27. The van der Waals surface area contributed by atoms with Crippen LogP contribution in [0.25, 0.3) is 0 Å². The number of esters is 11. The first-order chi connectivity index (χ1) is 40.1. The van der Waals surface area contributed by atoms with Crippen LogP contribution < -0.4 is 33.5 Å². The molecule has 0 saturated carbocycles. The molecule has 6 rings (SSSR count). The highest BCUT2D eigenvalue weighted by molar-refractivity contribution is 5.99. The van der Waals surface area contributed by atoms with Crippen LogP contribution in [0.15, 0.2) is 54.6 Å². The highest BCUT2D eigenvalue weighted by atomic mass is 19.1. The molecule has 29 heteroatoms. The van der Waals surface area contributed by atoms with Gasteiger partial charge in [0, 0.05) is 69.7 Å². The van der Waals surface area contributed by atoms with E-state index >= 15 is 8.78 Å². The standard InChI is InChI=1S/C56H56F2N2O25/c1-29(61)75-25-79-50(67)21-59(22-51(68)80-26-76-30(2)62)44-11-10-35(72-9)14-48(44)73-12-13-74-49-18-37-36(15-45(49)60(23-52(69)81-27-77-31(3)63)24-53(70)82-28-78-32(4)64)54(71)85-56(37)40-16-42(57)46(83-33(5)65)19-38(40)55(7,8)39-20-47(84-34(6)66)43(58)17-41(39)56/h10-11,14-20H,12-13,21-28H2,1-9H3. The Kier molecular flexibility index (Phi) is 20.9. The summed E-state index contributed by atoms with van der Waals surface area (Å²) in [6.45, 7) is 1.99. The number of ether oxygens (including phenoxy) is 14. The molecule has 4 aromatic rings. The van der Waals surface area contributed by atoms with E-state index in [1.165, 1.54) is 43.5 Å². The smallest absolute Gasteiger partial charge is 0.340 e. The van der Waals surface area contributed by atoms with Crippen LogP contribution in [0, 0.1) is 11.6 Å². The van der Waals surface area contributed by atoms with Gasteiger partial charge in [0.1, 0.15) is 56.6 Å². The van der Waals surface area contributed by atoms with Crippen molar-refractivity contribution in [1.82, 2.24) is 0 Å². The fraction of sp³-hybridized carbons (Fsp3) is 0.375. The normalized spacial score (nSPS) is 12.7. The van der Waals surface area contributed by atoms with E-state index in [0.29, 0.717) is 0 Å². The van der Waals surface area contributed by atoms with Crippen molar-refractivity contribution in [3.05, 3.63) is 99.6 Å². The van der Waals surface area contributed by atoms with E-state index in [4.69, 9.17) is 66.3 Å². The zero-order chi connectivity index (χ0) is 62.5. The maximum Gasteiger partial charge on any atom is 0.340 e. The van der Waals surface area contributed by atoms with Crippen LogP contribution in [0.3, 0.4) is 0 Å². The minimum Gasteiger partial charge on any atom is -0.497 e. The van der Waals surface area contributed by atoms with Crippen LogP contribution in [0.5, 0.6) is 28.7 Å². The zero-order valence-corrected chi connectivity index (χ0v) is 47.1. The van der Waals surface area contributed by atoms with E-state index in [1.54, 1.807) is 13.8 Å². The summed E-state index contributed by atoms with van der Waals surface area (Å²) in [5.41, 5.74) is -4.38. The van der Waals surface area contributed by atoms with Crippen molar-refractivity contribution in [3.63, 3.8) is 0 Å². The van der Waals surface area contributed by atoms with Gasteiger partial charge in [-0.2, -0.15) is 0 Å². The van der Waals surface area contributed by atoms with Gasteiger partial charge in [0.25, 0.3) is 0 Å². The summed E-state index contributed by atoms with van der Waals surface area (Å²) in [7, 11) is 1.32. The quantitative estimate of drug-likeness (QED) is 0.0279. The molecule has 1 spiro atoms. The summed E-state index contributed by atoms with van der Waals surface area (Å²) in [5.74, 6) is -14.0. The highest BCUT2D eigenvalue weighted by Crippen LogP contribution is 2.59. The number of carbonyl (C=O) groups is 11. The summed E-state index contributed by atoms with van der Waals surface area (Å²) < 4.78 is 107. The van der Waals surface area contributed by atoms with Gasteiger partial charge in [-0.15, -0.1) is 0 Å². The van der Waals surface area contributed by atoms with Gasteiger partial charge in [0.2, 0.25) is 27.2 Å². The van der Waals surface area contributed by atoms with E-state index in [-0.39, 0.29) is 62.0 Å². The molecule has 4 aromatic carbocycles. The molecule has 0 unspecified atom stereocenters. The fourth-order valence-electron chi connectivity index (χ4n) is 8.79. The van der Waals surface area contributed by atoms with E-state index in [9.17, 15) is 52.7 Å². The minimum atomic E-state index is -2.35. The van der Waals surface area contributed by atoms with Gasteiger partial charge in [-0.25, -0.2) is 13.6 Å². The summed E-state index contributed by atoms with van der Waals surface area (Å²) in [6.07, 6.45) is 0. The Morgan fingerprint density at radius 1 is 0.459 bits per heavy atom. The summed E-state index contributed by atoms with van der Waals surface area (Å²) in [4.78, 5) is 140. The Morgan fingerprint density at radius 3 is 1.21 bits per heavy atom. The third-order valence-electron chi connectivity index (χ3n) is 12.4. The lowest BCUT2D eigenvalue weighted by Gasteiger charge is -2.44. The topological polar surface area (TPSA) is 323 Å². The van der Waals surface area contributed by atoms with Crippen molar-refractivity contribution in [1.29, 1.82) is 0 Å². The van der Waals surface area contributed by atoms with Crippen LogP contribution in [-0.2, 0) is 102 Å². The molecular formula is C56H56F2N2O25. The Hall–Kier alpha value is -10.1. The third-order valence-corrected chi connectivity index (χ3v) is 12.4. The zero-order valence-electron chi connectivity index (χ0n) is 47.1.